The van der Waals surface area contributed by atoms with Crippen molar-refractivity contribution in [3.8, 4) is 0 Å². The van der Waals surface area contributed by atoms with Crippen LogP contribution >= 0.6 is 0 Å². The molecule has 2 heterocycles. The summed E-state index contributed by atoms with van der Waals surface area (Å²) in [5, 5.41) is 10.3. The SMILES string of the molecule is CC(C)(C)OC(=O)[C@]1(Cc2cncc(Nc3ccnn3C(C)(C)C)n2)CC[C@H](O[Si](c2ccccc2)(c2ccccc2)C(C)(C)C)CC1. The van der Waals surface area contributed by atoms with Gasteiger partial charge in [0, 0.05) is 24.8 Å². The number of rotatable bonds is 9. The predicted octanol–water partition coefficient (Wildman–Crippen LogP) is 7.56. The normalized spacial score (nSPS) is 19.1. The fraction of sp³-hybridized carbons (Fsp3) is 0.487. The molecule has 0 bridgehead atoms. The van der Waals surface area contributed by atoms with E-state index in [2.05, 4.69) is 118 Å². The van der Waals surface area contributed by atoms with Crippen LogP contribution in [0, 0.1) is 5.41 Å². The largest absolute Gasteiger partial charge is 0.460 e. The average molecular weight is 668 g/mol. The van der Waals surface area contributed by atoms with Crippen LogP contribution < -0.4 is 15.7 Å². The Morgan fingerprint density at radius 3 is 1.98 bits per heavy atom. The van der Waals surface area contributed by atoms with Crippen LogP contribution in [0.2, 0.25) is 5.04 Å². The van der Waals surface area contributed by atoms with E-state index in [4.69, 9.17) is 14.1 Å². The number of carbonyl (C=O) groups is 1. The van der Waals surface area contributed by atoms with Gasteiger partial charge in [0.05, 0.1) is 29.0 Å². The zero-order valence-corrected chi connectivity index (χ0v) is 31.2. The number of hydrogen-bond acceptors (Lipinski definition) is 7. The lowest BCUT2D eigenvalue weighted by Gasteiger charge is -2.47. The molecule has 0 amide bonds. The summed E-state index contributed by atoms with van der Waals surface area (Å²) >= 11 is 0. The van der Waals surface area contributed by atoms with Crippen molar-refractivity contribution in [1.29, 1.82) is 0 Å². The number of carbonyl (C=O) groups excluding carboxylic acids is 1. The number of nitrogens with zero attached hydrogens (tertiary/aromatic N) is 4. The van der Waals surface area contributed by atoms with Gasteiger partial charge in [-0.25, -0.2) is 9.67 Å². The van der Waals surface area contributed by atoms with Crippen LogP contribution in [0.1, 0.15) is 93.7 Å². The van der Waals surface area contributed by atoms with E-state index in [1.54, 1.807) is 18.6 Å². The third kappa shape index (κ3) is 7.73. The Labute approximate surface area is 287 Å². The first-order chi connectivity index (χ1) is 22.5. The van der Waals surface area contributed by atoms with Crippen molar-refractivity contribution in [1.82, 2.24) is 19.7 Å². The molecular formula is C39H53N5O3Si. The standard InChI is InChI=1S/C39H53N5O3Si/c1-36(2,3)44-34(22-25-41-44)43-33-28-40-27-29(42-33)26-39(35(45)46-37(4,5)6)23-20-30(21-24-39)47-48(38(7,8)9,31-16-12-10-13-17-31)32-18-14-11-15-19-32/h10-19,22,25,27-28,30H,20-21,23-24,26H2,1-9H3,(H,42,43)/t30-,39+. The van der Waals surface area contributed by atoms with Crippen molar-refractivity contribution in [2.24, 2.45) is 5.41 Å². The van der Waals surface area contributed by atoms with Gasteiger partial charge in [0.1, 0.15) is 17.2 Å². The van der Waals surface area contributed by atoms with Gasteiger partial charge in [-0.3, -0.25) is 9.78 Å². The number of benzene rings is 2. The van der Waals surface area contributed by atoms with Gasteiger partial charge in [0.15, 0.2) is 0 Å². The molecule has 4 aromatic rings. The van der Waals surface area contributed by atoms with E-state index in [1.165, 1.54) is 10.4 Å². The number of ether oxygens (including phenoxy) is 1. The summed E-state index contributed by atoms with van der Waals surface area (Å²) in [7, 11) is -2.73. The van der Waals surface area contributed by atoms with E-state index in [1.807, 2.05) is 31.5 Å². The smallest absolute Gasteiger partial charge is 0.312 e. The Balaban J connectivity index is 1.43. The van der Waals surface area contributed by atoms with Crippen molar-refractivity contribution in [3.05, 3.63) is 91.0 Å². The summed E-state index contributed by atoms with van der Waals surface area (Å²) in [6.07, 6.45) is 8.47. The summed E-state index contributed by atoms with van der Waals surface area (Å²) in [6.45, 7) is 19.0. The third-order valence-corrected chi connectivity index (χ3v) is 14.3. The molecule has 1 N–H and O–H groups in total. The van der Waals surface area contributed by atoms with E-state index < -0.39 is 19.3 Å². The second-order valence-corrected chi connectivity index (χ2v) is 20.5. The van der Waals surface area contributed by atoms with Crippen LogP contribution in [0.5, 0.6) is 0 Å². The number of esters is 1. The van der Waals surface area contributed by atoms with Gasteiger partial charge in [-0.2, -0.15) is 5.10 Å². The molecule has 48 heavy (non-hydrogen) atoms. The lowest BCUT2D eigenvalue weighted by atomic mass is 9.70. The lowest BCUT2D eigenvalue weighted by molar-refractivity contribution is -0.171. The highest BCUT2D eigenvalue weighted by molar-refractivity contribution is 6.99. The van der Waals surface area contributed by atoms with Crippen LogP contribution in [0.3, 0.4) is 0 Å². The van der Waals surface area contributed by atoms with Crippen molar-refractivity contribution in [2.75, 3.05) is 5.32 Å². The molecule has 2 aromatic carbocycles. The van der Waals surface area contributed by atoms with Crippen molar-refractivity contribution in [3.63, 3.8) is 0 Å². The fourth-order valence-electron chi connectivity index (χ4n) is 7.00. The van der Waals surface area contributed by atoms with Crippen LogP contribution in [0.25, 0.3) is 0 Å². The quantitative estimate of drug-likeness (QED) is 0.146. The number of hydrogen-bond donors (Lipinski definition) is 1. The highest BCUT2D eigenvalue weighted by Crippen LogP contribution is 2.45. The molecule has 0 saturated heterocycles. The van der Waals surface area contributed by atoms with Gasteiger partial charge < -0.3 is 14.5 Å². The Morgan fingerprint density at radius 1 is 0.875 bits per heavy atom. The van der Waals surface area contributed by atoms with Crippen molar-refractivity contribution < 1.29 is 14.0 Å². The van der Waals surface area contributed by atoms with Crippen LogP contribution in [0.15, 0.2) is 85.3 Å². The van der Waals surface area contributed by atoms with E-state index in [0.717, 1.165) is 24.4 Å². The topological polar surface area (TPSA) is 91.2 Å². The lowest BCUT2D eigenvalue weighted by Crippen LogP contribution is -2.68. The van der Waals surface area contributed by atoms with E-state index >= 15 is 0 Å². The summed E-state index contributed by atoms with van der Waals surface area (Å²) in [6, 6.07) is 23.4. The van der Waals surface area contributed by atoms with Gasteiger partial charge in [-0.15, -0.1) is 0 Å². The van der Waals surface area contributed by atoms with E-state index in [0.29, 0.717) is 25.1 Å². The van der Waals surface area contributed by atoms with Crippen LogP contribution in [-0.2, 0) is 25.9 Å². The first-order valence-electron chi connectivity index (χ1n) is 17.2. The second kappa shape index (κ2) is 13.6. The molecule has 5 rings (SSSR count). The van der Waals surface area contributed by atoms with E-state index in [-0.39, 0.29) is 22.7 Å². The molecule has 8 nitrogen and oxygen atoms in total. The van der Waals surface area contributed by atoms with Gasteiger partial charge in [0.2, 0.25) is 0 Å². The molecular weight excluding hydrogens is 615 g/mol. The molecule has 0 aliphatic heterocycles. The Bertz CT molecular complexity index is 1620. The highest BCUT2D eigenvalue weighted by atomic mass is 28.4. The third-order valence-electron chi connectivity index (χ3n) is 9.22. The first-order valence-corrected chi connectivity index (χ1v) is 19.1. The summed E-state index contributed by atoms with van der Waals surface area (Å²) in [5.74, 6) is 1.27. The molecule has 0 spiro atoms. The molecule has 256 valence electrons. The summed E-state index contributed by atoms with van der Waals surface area (Å²) < 4.78 is 15.5. The highest BCUT2D eigenvalue weighted by Gasteiger charge is 2.53. The van der Waals surface area contributed by atoms with E-state index in [9.17, 15) is 4.79 Å². The molecule has 1 aliphatic carbocycles. The molecule has 1 fully saturated rings. The maximum Gasteiger partial charge on any atom is 0.312 e. The van der Waals surface area contributed by atoms with Crippen molar-refractivity contribution in [2.45, 2.75) is 117 Å². The Kier molecular flexibility index (Phi) is 10.0. The van der Waals surface area contributed by atoms with Gasteiger partial charge >= 0.3 is 5.97 Å². The summed E-state index contributed by atoms with van der Waals surface area (Å²) in [4.78, 5) is 23.6. The van der Waals surface area contributed by atoms with Gasteiger partial charge in [0.25, 0.3) is 8.32 Å². The zero-order valence-electron chi connectivity index (χ0n) is 30.2. The number of aromatic nitrogens is 4. The predicted molar refractivity (Wildman–Crippen MR) is 195 cm³/mol. The fourth-order valence-corrected chi connectivity index (χ4v) is 11.8. The zero-order chi connectivity index (χ0) is 34.8. The minimum Gasteiger partial charge on any atom is -0.460 e. The van der Waals surface area contributed by atoms with Gasteiger partial charge in [-0.1, -0.05) is 81.4 Å². The van der Waals surface area contributed by atoms with Crippen molar-refractivity contribution >= 4 is 36.3 Å². The Hall–Kier alpha value is -3.82. The van der Waals surface area contributed by atoms with Crippen LogP contribution in [-0.4, -0.2) is 45.7 Å². The van der Waals surface area contributed by atoms with Gasteiger partial charge in [-0.05, 0) is 82.6 Å². The number of nitrogens with one attached hydrogen (secondary N) is 1. The average Bonchev–Trinajstić information content (AvgIpc) is 3.49. The van der Waals surface area contributed by atoms with Crippen LogP contribution in [0.4, 0.5) is 11.6 Å². The monoisotopic (exact) mass is 667 g/mol. The second-order valence-electron chi connectivity index (χ2n) is 16.3. The minimum absolute atomic E-state index is 0.00337. The molecule has 9 heteroatoms. The Morgan fingerprint density at radius 2 is 1.46 bits per heavy atom. The first kappa shape index (κ1) is 35.5. The molecule has 0 radical (unpaired) electrons. The molecule has 0 unspecified atom stereocenters. The molecule has 0 atom stereocenters. The molecule has 2 aromatic heterocycles. The maximum absolute atomic E-state index is 14.1. The minimum atomic E-state index is -2.73. The number of anilines is 2. The summed E-state index contributed by atoms with van der Waals surface area (Å²) in [5.41, 5.74) is -0.794. The molecule has 1 saturated carbocycles. The maximum atomic E-state index is 14.1. The molecule has 1 aliphatic rings.